The number of pyridine rings is 1. The Morgan fingerprint density at radius 3 is 2.74 bits per heavy atom. The number of nitrogens with zero attached hydrogens (tertiary/aromatic N) is 2. The van der Waals surface area contributed by atoms with Gasteiger partial charge in [0.25, 0.3) is 5.91 Å². The number of rotatable bonds is 7. The van der Waals surface area contributed by atoms with Crippen LogP contribution in [0.5, 0.6) is 0 Å². The maximum atomic E-state index is 12.9. The molecule has 2 aliphatic rings. The number of anilines is 1. The third kappa shape index (κ3) is 5.80. The van der Waals surface area contributed by atoms with E-state index in [2.05, 4.69) is 15.5 Å². The molecule has 2 fully saturated rings. The van der Waals surface area contributed by atoms with Crippen LogP contribution in [0.25, 0.3) is 10.9 Å². The molecule has 0 spiro atoms. The van der Waals surface area contributed by atoms with Crippen LogP contribution in [0.2, 0.25) is 5.02 Å². The number of fused-ring (bicyclic) bond motifs is 1. The summed E-state index contributed by atoms with van der Waals surface area (Å²) in [4.78, 5) is 20.0. The van der Waals surface area contributed by atoms with E-state index in [9.17, 15) is 4.79 Å². The van der Waals surface area contributed by atoms with Crippen LogP contribution in [0.3, 0.4) is 0 Å². The summed E-state index contributed by atoms with van der Waals surface area (Å²) in [5.41, 5.74) is 1.31. The van der Waals surface area contributed by atoms with E-state index in [0.717, 1.165) is 36.2 Å². The number of halogens is 2. The van der Waals surface area contributed by atoms with Gasteiger partial charge in [0.15, 0.2) is 0 Å². The zero-order valence-electron chi connectivity index (χ0n) is 17.8. The Labute approximate surface area is 195 Å². The summed E-state index contributed by atoms with van der Waals surface area (Å²) in [6.45, 7) is 3.26. The normalized spacial score (nSPS) is 19.4. The van der Waals surface area contributed by atoms with Crippen LogP contribution in [0.1, 0.15) is 48.9 Å². The van der Waals surface area contributed by atoms with Crippen molar-refractivity contribution in [2.45, 2.75) is 44.6 Å². The summed E-state index contributed by atoms with van der Waals surface area (Å²) in [5.74, 6) is 1.37. The van der Waals surface area contributed by atoms with Crippen LogP contribution >= 0.6 is 24.0 Å². The van der Waals surface area contributed by atoms with Gasteiger partial charge in [-0.15, -0.1) is 12.4 Å². The van der Waals surface area contributed by atoms with Crippen molar-refractivity contribution in [2.24, 2.45) is 5.92 Å². The van der Waals surface area contributed by atoms with Crippen molar-refractivity contribution < 1.29 is 9.90 Å². The second kappa shape index (κ2) is 11.3. The van der Waals surface area contributed by atoms with Gasteiger partial charge in [-0.05, 0) is 49.4 Å². The minimum atomic E-state index is -0.111. The third-order valence-electron chi connectivity index (χ3n) is 6.37. The van der Waals surface area contributed by atoms with Gasteiger partial charge in [-0.2, -0.15) is 0 Å². The minimum Gasteiger partial charge on any atom is -0.395 e. The first-order valence-electron chi connectivity index (χ1n) is 11.1. The maximum Gasteiger partial charge on any atom is 0.253 e. The van der Waals surface area contributed by atoms with E-state index < -0.39 is 0 Å². The van der Waals surface area contributed by atoms with Crippen LogP contribution in [0.15, 0.2) is 24.3 Å². The Kier molecular flexibility index (Phi) is 8.78. The van der Waals surface area contributed by atoms with Gasteiger partial charge in [-0.1, -0.05) is 30.9 Å². The smallest absolute Gasteiger partial charge is 0.253 e. The molecular weight excluding hydrogens is 435 g/mol. The number of carbonyl (C=O) groups excluding carboxylic acids is 1. The SMILES string of the molecule is Cl.O=C(NCC1CCCCC1)c1c(Cl)ccc2nc(N3CC[C@H](NCCO)C3)ccc12. The number of benzene rings is 1. The van der Waals surface area contributed by atoms with Gasteiger partial charge in [0.05, 0.1) is 22.7 Å². The molecule has 8 heteroatoms. The van der Waals surface area contributed by atoms with Gasteiger partial charge in [-0.3, -0.25) is 4.79 Å². The first kappa shape index (κ1) is 24.1. The topological polar surface area (TPSA) is 77.5 Å². The molecule has 1 saturated heterocycles. The predicted octanol–water partition coefficient (Wildman–Crippen LogP) is 3.78. The second-order valence-electron chi connectivity index (χ2n) is 8.48. The van der Waals surface area contributed by atoms with Gasteiger partial charge < -0.3 is 20.6 Å². The fourth-order valence-electron chi connectivity index (χ4n) is 4.69. The largest absolute Gasteiger partial charge is 0.395 e. The molecule has 1 aromatic heterocycles. The summed E-state index contributed by atoms with van der Waals surface area (Å²) in [7, 11) is 0. The summed E-state index contributed by atoms with van der Waals surface area (Å²) in [6.07, 6.45) is 7.24. The fourth-order valence-corrected chi connectivity index (χ4v) is 4.94. The van der Waals surface area contributed by atoms with Crippen LogP contribution in [0.4, 0.5) is 5.82 Å². The molecule has 2 aromatic rings. The van der Waals surface area contributed by atoms with Gasteiger partial charge in [0, 0.05) is 37.6 Å². The Morgan fingerprint density at radius 2 is 1.97 bits per heavy atom. The minimum absolute atomic E-state index is 0. The Hall–Kier alpha value is -1.60. The molecule has 1 amide bonds. The van der Waals surface area contributed by atoms with Crippen molar-refractivity contribution in [1.82, 2.24) is 15.6 Å². The molecular formula is C23H32Cl2N4O2. The monoisotopic (exact) mass is 466 g/mol. The molecule has 1 aromatic carbocycles. The quantitative estimate of drug-likeness (QED) is 0.578. The number of hydrogen-bond donors (Lipinski definition) is 3. The summed E-state index contributed by atoms with van der Waals surface area (Å²) >= 11 is 6.43. The molecule has 1 aliphatic carbocycles. The molecule has 1 aliphatic heterocycles. The van der Waals surface area contributed by atoms with Crippen molar-refractivity contribution in [1.29, 1.82) is 0 Å². The second-order valence-corrected chi connectivity index (χ2v) is 8.89. The van der Waals surface area contributed by atoms with Gasteiger partial charge in [0.2, 0.25) is 0 Å². The zero-order valence-corrected chi connectivity index (χ0v) is 19.4. The molecule has 0 bridgehead atoms. The number of aromatic nitrogens is 1. The van der Waals surface area contributed by atoms with Gasteiger partial charge >= 0.3 is 0 Å². The highest BCUT2D eigenvalue weighted by atomic mass is 35.5. The average Bonchev–Trinajstić information content (AvgIpc) is 3.25. The van der Waals surface area contributed by atoms with Gasteiger partial charge in [0.1, 0.15) is 5.82 Å². The number of carbonyl (C=O) groups is 1. The molecule has 4 rings (SSSR count). The van der Waals surface area contributed by atoms with E-state index in [-0.39, 0.29) is 24.9 Å². The standard InChI is InChI=1S/C23H31ClN4O2.ClH/c24-19-7-8-20-18(22(19)23(30)26-14-16-4-2-1-3-5-16)6-9-21(27-20)28-12-10-17(15-28)25-11-13-29;/h6-9,16-17,25,29H,1-5,10-15H2,(H,26,30);1H/t17-;/m0./s1. The van der Waals surface area contributed by atoms with Crippen molar-refractivity contribution >= 4 is 46.6 Å². The lowest BCUT2D eigenvalue weighted by Crippen LogP contribution is -2.34. The van der Waals surface area contributed by atoms with Crippen LogP contribution in [-0.4, -0.2) is 54.8 Å². The van der Waals surface area contributed by atoms with E-state index in [1.165, 1.54) is 32.1 Å². The van der Waals surface area contributed by atoms with Crippen molar-refractivity contribution in [2.75, 3.05) is 37.7 Å². The molecule has 0 radical (unpaired) electrons. The first-order valence-corrected chi connectivity index (χ1v) is 11.5. The van der Waals surface area contributed by atoms with Crippen molar-refractivity contribution in [3.05, 3.63) is 34.9 Å². The molecule has 3 N–H and O–H groups in total. The lowest BCUT2D eigenvalue weighted by molar-refractivity contribution is 0.0945. The highest BCUT2D eigenvalue weighted by molar-refractivity contribution is 6.35. The van der Waals surface area contributed by atoms with Crippen LogP contribution < -0.4 is 15.5 Å². The lowest BCUT2D eigenvalue weighted by Gasteiger charge is -2.22. The Balaban J connectivity index is 0.00000272. The predicted molar refractivity (Wildman–Crippen MR) is 129 cm³/mol. The third-order valence-corrected chi connectivity index (χ3v) is 6.68. The van der Waals surface area contributed by atoms with Gasteiger partial charge in [-0.25, -0.2) is 4.98 Å². The molecule has 1 atom stereocenters. The lowest BCUT2D eigenvalue weighted by atomic mass is 9.89. The molecule has 0 unspecified atom stereocenters. The number of amides is 1. The highest BCUT2D eigenvalue weighted by Gasteiger charge is 2.24. The fraction of sp³-hybridized carbons (Fsp3) is 0.565. The molecule has 1 saturated carbocycles. The molecule has 2 heterocycles. The van der Waals surface area contributed by atoms with E-state index in [1.807, 2.05) is 18.2 Å². The van der Waals surface area contributed by atoms with Crippen LogP contribution in [-0.2, 0) is 0 Å². The number of nitrogens with one attached hydrogen (secondary N) is 2. The maximum absolute atomic E-state index is 12.9. The number of aliphatic hydroxyl groups is 1. The summed E-state index contributed by atoms with van der Waals surface area (Å²) in [5, 5.41) is 16.7. The average molecular weight is 467 g/mol. The highest BCUT2D eigenvalue weighted by Crippen LogP contribution is 2.29. The van der Waals surface area contributed by atoms with Crippen LogP contribution in [0, 0.1) is 5.92 Å². The molecule has 31 heavy (non-hydrogen) atoms. The Morgan fingerprint density at radius 1 is 1.16 bits per heavy atom. The Bertz CT molecular complexity index is 889. The van der Waals surface area contributed by atoms with Crippen molar-refractivity contribution in [3.63, 3.8) is 0 Å². The molecule has 6 nitrogen and oxygen atoms in total. The zero-order chi connectivity index (χ0) is 20.9. The van der Waals surface area contributed by atoms with E-state index in [1.54, 1.807) is 6.07 Å². The number of hydrogen-bond acceptors (Lipinski definition) is 5. The van der Waals surface area contributed by atoms with E-state index in [0.29, 0.717) is 35.6 Å². The first-order chi connectivity index (χ1) is 14.7. The summed E-state index contributed by atoms with van der Waals surface area (Å²) in [6, 6.07) is 7.96. The van der Waals surface area contributed by atoms with E-state index in [4.69, 9.17) is 21.7 Å². The number of aliphatic hydroxyl groups excluding tert-OH is 1. The van der Waals surface area contributed by atoms with E-state index >= 15 is 0 Å². The summed E-state index contributed by atoms with van der Waals surface area (Å²) < 4.78 is 0. The molecule has 170 valence electrons. The van der Waals surface area contributed by atoms with Crippen molar-refractivity contribution in [3.8, 4) is 0 Å².